The lowest BCUT2D eigenvalue weighted by Gasteiger charge is -2.15. The van der Waals surface area contributed by atoms with Gasteiger partial charge in [0.2, 0.25) is 0 Å². The molecule has 1 aromatic rings. The zero-order valence-corrected chi connectivity index (χ0v) is 9.44. The van der Waals surface area contributed by atoms with Crippen LogP contribution in [0.3, 0.4) is 0 Å². The van der Waals surface area contributed by atoms with Crippen molar-refractivity contribution in [3.05, 3.63) is 29.8 Å². The van der Waals surface area contributed by atoms with Gasteiger partial charge in [0.1, 0.15) is 0 Å². The second kappa shape index (κ2) is 3.85. The van der Waals surface area contributed by atoms with Crippen LogP contribution in [0.15, 0.2) is 24.3 Å². The molecule has 0 aromatic heterocycles. The first-order chi connectivity index (χ1) is 6.77. The molecule has 1 nitrogen and oxygen atoms in total. The van der Waals surface area contributed by atoms with E-state index in [0.717, 1.165) is 5.69 Å². The molecule has 0 atom stereocenters. The van der Waals surface area contributed by atoms with E-state index in [4.69, 9.17) is 5.73 Å². The van der Waals surface area contributed by atoms with Crippen LogP contribution in [0.2, 0.25) is 0 Å². The maximum absolute atomic E-state index is 5.80. The molecule has 0 unspecified atom stereocenters. The highest BCUT2D eigenvalue weighted by Gasteiger charge is 2.43. The van der Waals surface area contributed by atoms with Gasteiger partial charge in [-0.05, 0) is 36.3 Å². The molecule has 0 bridgehead atoms. The molecule has 2 N–H and O–H groups in total. The third-order valence-corrected chi connectivity index (χ3v) is 4.10. The highest BCUT2D eigenvalue weighted by molar-refractivity contribution is 7.99. The summed E-state index contributed by atoms with van der Waals surface area (Å²) in [6.45, 7) is 2.22. The van der Waals surface area contributed by atoms with E-state index in [-0.39, 0.29) is 0 Å². The van der Waals surface area contributed by atoms with Crippen molar-refractivity contribution in [3.63, 3.8) is 0 Å². The highest BCUT2D eigenvalue weighted by Crippen LogP contribution is 2.50. The normalized spacial score (nSPS) is 18.1. The summed E-state index contributed by atoms with van der Waals surface area (Å²) in [6.07, 6.45) is 2.67. The molecule has 0 heterocycles. The standard InChI is InChI=1S/C12H17NS/c1-2-14-9-12(6-7-12)10-4-3-5-11(13)8-10/h3-5,8H,2,6-7,9,13H2,1H3. The van der Waals surface area contributed by atoms with Crippen molar-refractivity contribution in [2.24, 2.45) is 0 Å². The lowest BCUT2D eigenvalue weighted by molar-refractivity contribution is 0.803. The van der Waals surface area contributed by atoms with E-state index in [0.29, 0.717) is 5.41 Å². The van der Waals surface area contributed by atoms with Gasteiger partial charge in [-0.1, -0.05) is 19.1 Å². The number of nitrogen functional groups attached to an aromatic ring is 1. The SMILES string of the molecule is CCSCC1(c2cccc(N)c2)CC1. The highest BCUT2D eigenvalue weighted by atomic mass is 32.2. The molecule has 0 spiro atoms. The fourth-order valence-corrected chi connectivity index (χ4v) is 2.88. The lowest BCUT2D eigenvalue weighted by Crippen LogP contribution is -2.10. The van der Waals surface area contributed by atoms with Gasteiger partial charge in [-0.15, -0.1) is 0 Å². The summed E-state index contributed by atoms with van der Waals surface area (Å²) < 4.78 is 0. The number of nitrogens with two attached hydrogens (primary N) is 1. The molecular formula is C12H17NS. The average Bonchev–Trinajstić information content (AvgIpc) is 2.96. The van der Waals surface area contributed by atoms with Crippen LogP contribution in [0.5, 0.6) is 0 Å². The van der Waals surface area contributed by atoms with Crippen LogP contribution in [-0.4, -0.2) is 11.5 Å². The Bertz CT molecular complexity index is 318. The summed E-state index contributed by atoms with van der Waals surface area (Å²) in [5, 5.41) is 0. The molecule has 14 heavy (non-hydrogen) atoms. The smallest absolute Gasteiger partial charge is 0.0316 e. The van der Waals surface area contributed by atoms with Gasteiger partial charge in [0.15, 0.2) is 0 Å². The molecule has 1 saturated carbocycles. The fraction of sp³-hybridized carbons (Fsp3) is 0.500. The second-order valence-corrected chi connectivity index (χ2v) is 5.32. The first-order valence-corrected chi connectivity index (χ1v) is 6.36. The van der Waals surface area contributed by atoms with Crippen molar-refractivity contribution in [2.75, 3.05) is 17.2 Å². The molecule has 0 amide bonds. The minimum absolute atomic E-state index is 0.468. The first kappa shape index (κ1) is 9.91. The van der Waals surface area contributed by atoms with Crippen molar-refractivity contribution < 1.29 is 0 Å². The van der Waals surface area contributed by atoms with Crippen LogP contribution in [0, 0.1) is 0 Å². The minimum atomic E-state index is 0.468. The summed E-state index contributed by atoms with van der Waals surface area (Å²) in [4.78, 5) is 0. The average molecular weight is 207 g/mol. The quantitative estimate of drug-likeness (QED) is 0.768. The Morgan fingerprint density at radius 3 is 2.79 bits per heavy atom. The van der Waals surface area contributed by atoms with Gasteiger partial charge >= 0.3 is 0 Å². The van der Waals surface area contributed by atoms with E-state index in [1.54, 1.807) is 0 Å². The minimum Gasteiger partial charge on any atom is -0.399 e. The molecule has 0 radical (unpaired) electrons. The van der Waals surface area contributed by atoms with E-state index in [1.807, 2.05) is 17.8 Å². The predicted octanol–water partition coefficient (Wildman–Crippen LogP) is 3.05. The zero-order valence-electron chi connectivity index (χ0n) is 8.62. The van der Waals surface area contributed by atoms with Gasteiger partial charge in [0, 0.05) is 16.9 Å². The third-order valence-electron chi connectivity index (χ3n) is 2.94. The molecule has 1 aromatic carbocycles. The van der Waals surface area contributed by atoms with E-state index in [2.05, 4.69) is 25.1 Å². The summed E-state index contributed by atoms with van der Waals surface area (Å²) in [6, 6.07) is 8.40. The van der Waals surface area contributed by atoms with E-state index in [9.17, 15) is 0 Å². The summed E-state index contributed by atoms with van der Waals surface area (Å²) in [7, 11) is 0. The Morgan fingerprint density at radius 2 is 2.21 bits per heavy atom. The maximum Gasteiger partial charge on any atom is 0.0316 e. The number of anilines is 1. The fourth-order valence-electron chi connectivity index (χ4n) is 1.83. The van der Waals surface area contributed by atoms with Crippen molar-refractivity contribution in [1.82, 2.24) is 0 Å². The van der Waals surface area contributed by atoms with Crippen LogP contribution in [-0.2, 0) is 5.41 Å². The van der Waals surface area contributed by atoms with Crippen LogP contribution in [0.4, 0.5) is 5.69 Å². The Labute approximate surface area is 90.1 Å². The van der Waals surface area contributed by atoms with Gasteiger partial charge < -0.3 is 5.73 Å². The number of rotatable bonds is 4. The van der Waals surface area contributed by atoms with Gasteiger partial charge in [-0.2, -0.15) is 11.8 Å². The molecule has 1 aliphatic carbocycles. The Kier molecular flexibility index (Phi) is 2.73. The molecule has 0 saturated heterocycles. The molecule has 0 aliphatic heterocycles. The van der Waals surface area contributed by atoms with E-state index in [1.165, 1.54) is 29.9 Å². The van der Waals surface area contributed by atoms with Gasteiger partial charge in [-0.25, -0.2) is 0 Å². The van der Waals surface area contributed by atoms with E-state index >= 15 is 0 Å². The third kappa shape index (κ3) is 1.90. The summed E-state index contributed by atoms with van der Waals surface area (Å²) >= 11 is 2.04. The molecule has 2 heteroatoms. The molecule has 1 fully saturated rings. The maximum atomic E-state index is 5.80. The van der Waals surface area contributed by atoms with Crippen molar-refractivity contribution in [3.8, 4) is 0 Å². The largest absolute Gasteiger partial charge is 0.399 e. The van der Waals surface area contributed by atoms with Crippen LogP contribution in [0.25, 0.3) is 0 Å². The Hall–Kier alpha value is -0.630. The molecule has 2 rings (SSSR count). The monoisotopic (exact) mass is 207 g/mol. The first-order valence-electron chi connectivity index (χ1n) is 5.21. The topological polar surface area (TPSA) is 26.0 Å². The Morgan fingerprint density at radius 1 is 1.43 bits per heavy atom. The van der Waals surface area contributed by atoms with Crippen molar-refractivity contribution >= 4 is 17.4 Å². The van der Waals surface area contributed by atoms with Gasteiger partial charge in [-0.3, -0.25) is 0 Å². The number of hydrogen-bond acceptors (Lipinski definition) is 2. The lowest BCUT2D eigenvalue weighted by atomic mass is 9.98. The van der Waals surface area contributed by atoms with Crippen LogP contribution < -0.4 is 5.73 Å². The van der Waals surface area contributed by atoms with E-state index < -0.39 is 0 Å². The molecular weight excluding hydrogens is 190 g/mol. The second-order valence-electron chi connectivity index (χ2n) is 4.04. The Balaban J connectivity index is 2.14. The van der Waals surface area contributed by atoms with Crippen molar-refractivity contribution in [1.29, 1.82) is 0 Å². The molecule has 76 valence electrons. The zero-order chi connectivity index (χ0) is 10.0. The summed E-state index contributed by atoms with van der Waals surface area (Å²) in [5.74, 6) is 2.47. The molecule has 1 aliphatic rings. The van der Waals surface area contributed by atoms with Crippen LogP contribution in [0.1, 0.15) is 25.3 Å². The van der Waals surface area contributed by atoms with Crippen LogP contribution >= 0.6 is 11.8 Å². The van der Waals surface area contributed by atoms with Gasteiger partial charge in [0.05, 0.1) is 0 Å². The van der Waals surface area contributed by atoms with Crippen molar-refractivity contribution in [2.45, 2.75) is 25.2 Å². The number of thioether (sulfide) groups is 1. The number of benzene rings is 1. The predicted molar refractivity (Wildman–Crippen MR) is 64.8 cm³/mol. The van der Waals surface area contributed by atoms with Gasteiger partial charge in [0.25, 0.3) is 0 Å². The number of hydrogen-bond donors (Lipinski definition) is 1. The summed E-state index contributed by atoms with van der Waals surface area (Å²) in [5.41, 5.74) is 8.61.